The summed E-state index contributed by atoms with van der Waals surface area (Å²) in [5, 5.41) is 0. The fraction of sp³-hybridized carbons (Fsp3) is 0.111. The molecule has 1 N–H and O–H groups in total. The molecule has 0 aliphatic carbocycles. The molecule has 2 aromatic rings. The third-order valence-corrected chi connectivity index (χ3v) is 1.83. The van der Waals surface area contributed by atoms with Crippen LogP contribution in [0.2, 0.25) is 0 Å². The van der Waals surface area contributed by atoms with E-state index >= 15 is 0 Å². The highest BCUT2D eigenvalue weighted by molar-refractivity contribution is 5.54. The molecule has 0 saturated carbocycles. The Kier molecular flexibility index (Phi) is 1.96. The fourth-order valence-corrected chi connectivity index (χ4v) is 1.11. The number of aromatic amines is 1. The van der Waals surface area contributed by atoms with Crippen LogP contribution in [-0.4, -0.2) is 22.0 Å². The number of rotatable bonds is 2. The zero-order valence-corrected chi connectivity index (χ0v) is 7.31. The molecule has 0 unspecified atom stereocenters. The first-order chi connectivity index (χ1) is 6.38. The van der Waals surface area contributed by atoms with Gasteiger partial charge in [-0.2, -0.15) is 0 Å². The Labute approximate surface area is 76.3 Å². The van der Waals surface area contributed by atoms with Gasteiger partial charge in [-0.15, -0.1) is 0 Å². The van der Waals surface area contributed by atoms with Crippen molar-refractivity contribution in [3.63, 3.8) is 0 Å². The SMILES string of the molecule is CN(c1cccnc1)c1ncc[nH]1. The number of H-pyrrole nitrogens is 1. The van der Waals surface area contributed by atoms with Gasteiger partial charge in [0.1, 0.15) is 0 Å². The molecule has 0 radical (unpaired) electrons. The van der Waals surface area contributed by atoms with E-state index in [0.29, 0.717) is 0 Å². The summed E-state index contributed by atoms with van der Waals surface area (Å²) in [6.07, 6.45) is 7.06. The number of pyridine rings is 1. The highest BCUT2D eigenvalue weighted by Gasteiger charge is 2.03. The Morgan fingerprint density at radius 2 is 2.31 bits per heavy atom. The van der Waals surface area contributed by atoms with Crippen LogP contribution in [0.4, 0.5) is 11.6 Å². The van der Waals surface area contributed by atoms with E-state index in [1.165, 1.54) is 0 Å². The van der Waals surface area contributed by atoms with E-state index in [1.54, 1.807) is 24.8 Å². The predicted molar refractivity (Wildman–Crippen MR) is 50.9 cm³/mol. The average molecular weight is 174 g/mol. The Balaban J connectivity index is 2.29. The quantitative estimate of drug-likeness (QED) is 0.751. The van der Waals surface area contributed by atoms with Gasteiger partial charge in [-0.1, -0.05) is 0 Å². The normalized spacial score (nSPS) is 9.92. The van der Waals surface area contributed by atoms with E-state index in [1.807, 2.05) is 24.1 Å². The van der Waals surface area contributed by atoms with E-state index in [4.69, 9.17) is 0 Å². The molecule has 0 atom stereocenters. The van der Waals surface area contributed by atoms with E-state index in [0.717, 1.165) is 11.6 Å². The molecule has 2 rings (SSSR count). The molecule has 2 aromatic heterocycles. The van der Waals surface area contributed by atoms with Gasteiger partial charge in [-0.25, -0.2) is 4.98 Å². The summed E-state index contributed by atoms with van der Waals surface area (Å²) in [4.78, 5) is 13.1. The zero-order chi connectivity index (χ0) is 9.10. The Morgan fingerprint density at radius 1 is 1.38 bits per heavy atom. The smallest absolute Gasteiger partial charge is 0.207 e. The molecular formula is C9H10N4. The van der Waals surface area contributed by atoms with Gasteiger partial charge >= 0.3 is 0 Å². The third-order valence-electron chi connectivity index (χ3n) is 1.83. The highest BCUT2D eigenvalue weighted by Crippen LogP contribution is 2.16. The summed E-state index contributed by atoms with van der Waals surface area (Å²) in [5.41, 5.74) is 1.01. The lowest BCUT2D eigenvalue weighted by Crippen LogP contribution is -2.10. The van der Waals surface area contributed by atoms with Crippen LogP contribution in [0.1, 0.15) is 0 Å². The molecule has 2 heterocycles. The van der Waals surface area contributed by atoms with Crippen molar-refractivity contribution in [3.05, 3.63) is 36.9 Å². The lowest BCUT2D eigenvalue weighted by molar-refractivity contribution is 1.08. The first-order valence-corrected chi connectivity index (χ1v) is 4.01. The van der Waals surface area contributed by atoms with Crippen LogP contribution >= 0.6 is 0 Å². The molecule has 13 heavy (non-hydrogen) atoms. The maximum atomic E-state index is 4.14. The number of hydrogen-bond acceptors (Lipinski definition) is 3. The van der Waals surface area contributed by atoms with Gasteiger partial charge in [-0.05, 0) is 12.1 Å². The predicted octanol–water partition coefficient (Wildman–Crippen LogP) is 1.57. The third kappa shape index (κ3) is 1.51. The second-order valence-corrected chi connectivity index (χ2v) is 2.68. The van der Waals surface area contributed by atoms with E-state index < -0.39 is 0 Å². The summed E-state index contributed by atoms with van der Waals surface area (Å²) in [5.74, 6) is 0.813. The molecule has 0 aliphatic rings. The van der Waals surface area contributed by atoms with E-state index in [2.05, 4.69) is 15.0 Å². The van der Waals surface area contributed by atoms with Crippen molar-refractivity contribution in [2.45, 2.75) is 0 Å². The first kappa shape index (κ1) is 7.79. The second-order valence-electron chi connectivity index (χ2n) is 2.68. The minimum Gasteiger partial charge on any atom is -0.331 e. The number of imidazole rings is 1. The Hall–Kier alpha value is -1.84. The number of hydrogen-bond donors (Lipinski definition) is 1. The van der Waals surface area contributed by atoms with Gasteiger partial charge in [-0.3, -0.25) is 4.98 Å². The van der Waals surface area contributed by atoms with Crippen molar-refractivity contribution in [2.24, 2.45) is 0 Å². The molecule has 0 aromatic carbocycles. The summed E-state index contributed by atoms with van der Waals surface area (Å²) < 4.78 is 0. The lowest BCUT2D eigenvalue weighted by Gasteiger charge is -2.14. The van der Waals surface area contributed by atoms with Crippen LogP contribution < -0.4 is 4.90 Å². The molecule has 0 fully saturated rings. The number of nitrogens with zero attached hydrogens (tertiary/aromatic N) is 3. The fourth-order valence-electron chi connectivity index (χ4n) is 1.11. The van der Waals surface area contributed by atoms with Crippen LogP contribution in [0, 0.1) is 0 Å². The van der Waals surface area contributed by atoms with Crippen LogP contribution in [-0.2, 0) is 0 Å². The van der Waals surface area contributed by atoms with Crippen LogP contribution in [0.3, 0.4) is 0 Å². The number of anilines is 2. The van der Waals surface area contributed by atoms with Gasteiger partial charge < -0.3 is 9.88 Å². The minimum atomic E-state index is 0.813. The topological polar surface area (TPSA) is 44.8 Å². The van der Waals surface area contributed by atoms with Gasteiger partial charge in [0.15, 0.2) is 0 Å². The zero-order valence-electron chi connectivity index (χ0n) is 7.31. The van der Waals surface area contributed by atoms with Crippen molar-refractivity contribution >= 4 is 11.6 Å². The maximum absolute atomic E-state index is 4.14. The van der Waals surface area contributed by atoms with Crippen molar-refractivity contribution in [1.29, 1.82) is 0 Å². The monoisotopic (exact) mass is 174 g/mol. The standard InChI is InChI=1S/C9H10N4/c1-13(9-11-5-6-12-9)8-3-2-4-10-7-8/h2-7H,1H3,(H,11,12). The van der Waals surface area contributed by atoms with Crippen LogP contribution in [0.15, 0.2) is 36.9 Å². The molecule has 66 valence electrons. The molecule has 0 aliphatic heterocycles. The minimum absolute atomic E-state index is 0.813. The molecule has 4 heteroatoms. The molecule has 0 spiro atoms. The highest BCUT2D eigenvalue weighted by atomic mass is 15.2. The first-order valence-electron chi connectivity index (χ1n) is 4.01. The van der Waals surface area contributed by atoms with Crippen molar-refractivity contribution in [1.82, 2.24) is 15.0 Å². The van der Waals surface area contributed by atoms with Gasteiger partial charge in [0.25, 0.3) is 0 Å². The molecule has 0 bridgehead atoms. The second kappa shape index (κ2) is 3.26. The molecule has 0 saturated heterocycles. The van der Waals surface area contributed by atoms with Gasteiger partial charge in [0, 0.05) is 25.6 Å². The largest absolute Gasteiger partial charge is 0.331 e. The van der Waals surface area contributed by atoms with Gasteiger partial charge in [0.2, 0.25) is 5.95 Å². The average Bonchev–Trinajstić information content (AvgIpc) is 2.71. The van der Waals surface area contributed by atoms with Gasteiger partial charge in [0.05, 0.1) is 11.9 Å². The maximum Gasteiger partial charge on any atom is 0.207 e. The van der Waals surface area contributed by atoms with E-state index in [9.17, 15) is 0 Å². The van der Waals surface area contributed by atoms with E-state index in [-0.39, 0.29) is 0 Å². The molecule has 4 nitrogen and oxygen atoms in total. The van der Waals surface area contributed by atoms with Crippen molar-refractivity contribution < 1.29 is 0 Å². The van der Waals surface area contributed by atoms with Crippen molar-refractivity contribution in [3.8, 4) is 0 Å². The Bertz CT molecular complexity index is 354. The van der Waals surface area contributed by atoms with Crippen LogP contribution in [0.25, 0.3) is 0 Å². The van der Waals surface area contributed by atoms with Crippen LogP contribution in [0.5, 0.6) is 0 Å². The number of aromatic nitrogens is 3. The summed E-state index contributed by atoms with van der Waals surface area (Å²) in [7, 11) is 1.94. The number of nitrogens with one attached hydrogen (secondary N) is 1. The molecular weight excluding hydrogens is 164 g/mol. The summed E-state index contributed by atoms with van der Waals surface area (Å²) >= 11 is 0. The Morgan fingerprint density at radius 3 is 2.92 bits per heavy atom. The lowest BCUT2D eigenvalue weighted by atomic mass is 10.4. The molecule has 0 amide bonds. The summed E-state index contributed by atoms with van der Waals surface area (Å²) in [6.45, 7) is 0. The van der Waals surface area contributed by atoms with Crippen molar-refractivity contribution in [2.75, 3.05) is 11.9 Å². The summed E-state index contributed by atoms with van der Waals surface area (Å²) in [6, 6.07) is 3.88.